The summed E-state index contributed by atoms with van der Waals surface area (Å²) in [7, 11) is 0. The van der Waals surface area contributed by atoms with Gasteiger partial charge in [0.2, 0.25) is 0 Å². The Morgan fingerprint density at radius 1 is 1.43 bits per heavy atom. The van der Waals surface area contributed by atoms with Crippen LogP contribution in [0.25, 0.3) is 0 Å². The van der Waals surface area contributed by atoms with Crippen LogP contribution < -0.4 is 14.8 Å². The monoisotopic (exact) mass is 321 g/mol. The third kappa shape index (κ3) is 3.75. The van der Waals surface area contributed by atoms with Gasteiger partial charge in [-0.25, -0.2) is 4.79 Å². The summed E-state index contributed by atoms with van der Waals surface area (Å²) in [4.78, 5) is 23.2. The molecule has 2 N–H and O–H groups in total. The SMILES string of the molecule is CCC(C)(NC(=O)COc1cccc2c1OC(C)(C)C2)C(=O)O. The molecule has 0 radical (unpaired) electrons. The van der Waals surface area contributed by atoms with Gasteiger partial charge in [-0.3, -0.25) is 4.79 Å². The number of carbonyl (C=O) groups excluding carboxylic acids is 1. The number of benzene rings is 1. The van der Waals surface area contributed by atoms with Crippen LogP contribution in [0, 0.1) is 0 Å². The highest BCUT2D eigenvalue weighted by Gasteiger charge is 2.34. The van der Waals surface area contributed by atoms with Gasteiger partial charge in [0.15, 0.2) is 18.1 Å². The molecule has 6 nitrogen and oxygen atoms in total. The summed E-state index contributed by atoms with van der Waals surface area (Å²) < 4.78 is 11.4. The van der Waals surface area contributed by atoms with Crippen molar-refractivity contribution in [2.75, 3.05) is 6.61 Å². The number of rotatable bonds is 6. The Morgan fingerprint density at radius 2 is 2.13 bits per heavy atom. The Balaban J connectivity index is 2.02. The molecule has 1 aromatic carbocycles. The molecule has 1 atom stereocenters. The van der Waals surface area contributed by atoms with Gasteiger partial charge >= 0.3 is 5.97 Å². The van der Waals surface area contributed by atoms with E-state index in [0.29, 0.717) is 11.5 Å². The van der Waals surface area contributed by atoms with Gasteiger partial charge in [-0.05, 0) is 33.3 Å². The van der Waals surface area contributed by atoms with Crippen molar-refractivity contribution in [2.45, 2.75) is 51.7 Å². The van der Waals surface area contributed by atoms with E-state index >= 15 is 0 Å². The second kappa shape index (κ2) is 6.10. The van der Waals surface area contributed by atoms with Gasteiger partial charge in [-0.15, -0.1) is 0 Å². The Kier molecular flexibility index (Phi) is 4.54. The summed E-state index contributed by atoms with van der Waals surface area (Å²) >= 11 is 0. The zero-order valence-electron chi connectivity index (χ0n) is 13.9. The molecule has 23 heavy (non-hydrogen) atoms. The molecule has 0 bridgehead atoms. The van der Waals surface area contributed by atoms with Crippen molar-refractivity contribution in [1.29, 1.82) is 0 Å². The standard InChI is InChI=1S/C17H23NO5/c1-5-17(4,15(20)21)18-13(19)10-22-12-8-6-7-11-9-16(2,3)23-14(11)12/h6-8H,5,9-10H2,1-4H3,(H,18,19)(H,20,21). The van der Waals surface area contributed by atoms with Gasteiger partial charge in [0.05, 0.1) is 0 Å². The maximum atomic E-state index is 12.0. The molecule has 0 aliphatic carbocycles. The number of carboxylic acid groups (broad SMARTS) is 1. The predicted octanol–water partition coefficient (Wildman–Crippen LogP) is 2.15. The topological polar surface area (TPSA) is 84.9 Å². The van der Waals surface area contributed by atoms with E-state index in [1.807, 2.05) is 26.0 Å². The van der Waals surface area contributed by atoms with E-state index in [-0.39, 0.29) is 18.6 Å². The van der Waals surface area contributed by atoms with Crippen LogP contribution in [0.1, 0.15) is 39.7 Å². The van der Waals surface area contributed by atoms with Crippen LogP contribution >= 0.6 is 0 Å². The Bertz CT molecular complexity index is 625. The molecule has 1 aliphatic heterocycles. The van der Waals surface area contributed by atoms with Crippen LogP contribution in [0.5, 0.6) is 11.5 Å². The fourth-order valence-electron chi connectivity index (χ4n) is 2.48. The summed E-state index contributed by atoms with van der Waals surface area (Å²) in [6.07, 6.45) is 1.06. The predicted molar refractivity (Wildman–Crippen MR) is 84.8 cm³/mol. The smallest absolute Gasteiger partial charge is 0.329 e. The molecule has 0 aromatic heterocycles. The highest BCUT2D eigenvalue weighted by molar-refractivity contribution is 5.87. The lowest BCUT2D eigenvalue weighted by atomic mass is 9.99. The van der Waals surface area contributed by atoms with Crippen molar-refractivity contribution in [3.63, 3.8) is 0 Å². The van der Waals surface area contributed by atoms with Crippen LogP contribution in [0.4, 0.5) is 0 Å². The molecule has 126 valence electrons. The summed E-state index contributed by atoms with van der Waals surface area (Å²) in [6, 6.07) is 5.56. The number of aliphatic carboxylic acids is 1. The van der Waals surface area contributed by atoms with Gasteiger partial charge in [0.25, 0.3) is 5.91 Å². The zero-order valence-corrected chi connectivity index (χ0v) is 13.9. The minimum atomic E-state index is -1.29. The normalized spacial score (nSPS) is 17.6. The van der Waals surface area contributed by atoms with Crippen molar-refractivity contribution in [3.8, 4) is 11.5 Å². The summed E-state index contributed by atoms with van der Waals surface area (Å²) in [6.45, 7) is 6.89. The number of hydrogen-bond donors (Lipinski definition) is 2. The van der Waals surface area contributed by atoms with E-state index in [9.17, 15) is 14.7 Å². The number of para-hydroxylation sites is 1. The Labute approximate surface area is 135 Å². The molecule has 6 heteroatoms. The Hall–Kier alpha value is -2.24. The largest absolute Gasteiger partial charge is 0.483 e. The highest BCUT2D eigenvalue weighted by Crippen LogP contribution is 2.41. The van der Waals surface area contributed by atoms with E-state index in [4.69, 9.17) is 9.47 Å². The van der Waals surface area contributed by atoms with Crippen LogP contribution in [-0.2, 0) is 16.0 Å². The van der Waals surface area contributed by atoms with Crippen molar-refractivity contribution in [3.05, 3.63) is 23.8 Å². The van der Waals surface area contributed by atoms with Crippen molar-refractivity contribution in [2.24, 2.45) is 0 Å². The van der Waals surface area contributed by atoms with Crippen molar-refractivity contribution >= 4 is 11.9 Å². The number of amides is 1. The molecular formula is C17H23NO5. The molecule has 0 spiro atoms. The lowest BCUT2D eigenvalue weighted by Crippen LogP contribution is -2.53. The van der Waals surface area contributed by atoms with Gasteiger partial charge in [0.1, 0.15) is 11.1 Å². The van der Waals surface area contributed by atoms with Gasteiger partial charge in [-0.2, -0.15) is 0 Å². The van der Waals surface area contributed by atoms with Crippen LogP contribution in [0.2, 0.25) is 0 Å². The minimum Gasteiger partial charge on any atom is -0.483 e. The summed E-state index contributed by atoms with van der Waals surface area (Å²) in [5.41, 5.74) is -0.553. The number of carbonyl (C=O) groups is 2. The quantitative estimate of drug-likeness (QED) is 0.838. The van der Waals surface area contributed by atoms with Crippen molar-refractivity contribution in [1.82, 2.24) is 5.32 Å². The fourth-order valence-corrected chi connectivity index (χ4v) is 2.48. The highest BCUT2D eigenvalue weighted by atomic mass is 16.5. The molecule has 2 rings (SSSR count). The molecule has 1 amide bonds. The number of hydrogen-bond acceptors (Lipinski definition) is 4. The van der Waals surface area contributed by atoms with Crippen LogP contribution in [0.3, 0.4) is 0 Å². The van der Waals surface area contributed by atoms with E-state index in [1.165, 1.54) is 6.92 Å². The van der Waals surface area contributed by atoms with E-state index in [2.05, 4.69) is 5.32 Å². The Morgan fingerprint density at radius 3 is 2.74 bits per heavy atom. The molecule has 1 unspecified atom stereocenters. The lowest BCUT2D eigenvalue weighted by Gasteiger charge is -2.24. The number of nitrogens with one attached hydrogen (secondary N) is 1. The fraction of sp³-hybridized carbons (Fsp3) is 0.529. The minimum absolute atomic E-state index is 0.261. The molecule has 1 aliphatic rings. The molecule has 1 heterocycles. The van der Waals surface area contributed by atoms with Gasteiger partial charge in [-0.1, -0.05) is 19.1 Å². The maximum Gasteiger partial charge on any atom is 0.329 e. The van der Waals surface area contributed by atoms with Crippen molar-refractivity contribution < 1.29 is 24.2 Å². The average molecular weight is 321 g/mol. The maximum absolute atomic E-state index is 12.0. The first-order valence-corrected chi connectivity index (χ1v) is 7.65. The number of carboxylic acids is 1. The van der Waals surface area contributed by atoms with Gasteiger partial charge < -0.3 is 19.9 Å². The van der Waals surface area contributed by atoms with E-state index < -0.39 is 17.4 Å². The first kappa shape index (κ1) is 17.1. The first-order chi connectivity index (χ1) is 10.7. The van der Waals surface area contributed by atoms with Gasteiger partial charge in [0, 0.05) is 12.0 Å². The molecular weight excluding hydrogens is 298 g/mol. The third-order valence-electron chi connectivity index (χ3n) is 4.01. The second-order valence-electron chi connectivity index (χ2n) is 6.61. The number of ether oxygens (including phenoxy) is 2. The molecule has 0 fully saturated rings. The zero-order chi connectivity index (χ0) is 17.3. The first-order valence-electron chi connectivity index (χ1n) is 7.65. The summed E-state index contributed by atoms with van der Waals surface area (Å²) in [5.74, 6) is -0.399. The number of fused-ring (bicyclic) bond motifs is 1. The van der Waals surface area contributed by atoms with E-state index in [1.54, 1.807) is 13.0 Å². The van der Waals surface area contributed by atoms with E-state index in [0.717, 1.165) is 12.0 Å². The molecule has 0 saturated carbocycles. The van der Waals surface area contributed by atoms with Crippen LogP contribution in [0.15, 0.2) is 18.2 Å². The third-order valence-corrected chi connectivity index (χ3v) is 4.01. The molecule has 1 aromatic rings. The second-order valence-corrected chi connectivity index (χ2v) is 6.61. The molecule has 0 saturated heterocycles. The lowest BCUT2D eigenvalue weighted by molar-refractivity contribution is -0.147. The van der Waals surface area contributed by atoms with Crippen LogP contribution in [-0.4, -0.2) is 34.7 Å². The summed E-state index contributed by atoms with van der Waals surface area (Å²) in [5, 5.41) is 11.7. The average Bonchev–Trinajstić information content (AvgIpc) is 2.79.